The van der Waals surface area contributed by atoms with Crippen LogP contribution >= 0.6 is 11.6 Å². The van der Waals surface area contributed by atoms with Crippen LogP contribution in [0.5, 0.6) is 5.75 Å². The molecular weight excluding hydrogens is 357 g/mol. The molecule has 1 aliphatic rings. The van der Waals surface area contributed by atoms with Gasteiger partial charge in [-0.2, -0.15) is 0 Å². The fraction of sp³-hybridized carbons (Fsp3) is 0.350. The van der Waals surface area contributed by atoms with E-state index in [1.807, 2.05) is 0 Å². The first-order valence-electron chi connectivity index (χ1n) is 8.56. The first kappa shape index (κ1) is 18.7. The van der Waals surface area contributed by atoms with Gasteiger partial charge in [0.2, 0.25) is 0 Å². The zero-order valence-corrected chi connectivity index (χ0v) is 15.1. The van der Waals surface area contributed by atoms with E-state index in [4.69, 9.17) is 21.1 Å². The number of rotatable bonds is 6. The maximum atomic E-state index is 13.3. The Morgan fingerprint density at radius 3 is 2.42 bits per heavy atom. The van der Waals surface area contributed by atoms with Crippen LogP contribution in [0.3, 0.4) is 0 Å². The second-order valence-corrected chi connectivity index (χ2v) is 6.86. The fourth-order valence-corrected chi connectivity index (χ4v) is 3.26. The molecule has 0 aromatic heterocycles. The number of ether oxygens (including phenoxy) is 2. The molecule has 1 N–H and O–H groups in total. The second-order valence-electron chi connectivity index (χ2n) is 6.42. The summed E-state index contributed by atoms with van der Waals surface area (Å²) in [6.07, 6.45) is 1.55. The van der Waals surface area contributed by atoms with E-state index >= 15 is 0 Å². The van der Waals surface area contributed by atoms with Crippen molar-refractivity contribution in [1.29, 1.82) is 0 Å². The van der Waals surface area contributed by atoms with Gasteiger partial charge >= 0.3 is 0 Å². The summed E-state index contributed by atoms with van der Waals surface area (Å²) < 4.78 is 24.2. The third-order valence-electron chi connectivity index (χ3n) is 4.71. The second kappa shape index (κ2) is 8.52. The van der Waals surface area contributed by atoms with E-state index < -0.39 is 0 Å². The van der Waals surface area contributed by atoms with Gasteiger partial charge in [-0.1, -0.05) is 23.7 Å². The molecule has 0 aliphatic carbocycles. The number of nitrogens with one attached hydrogen (secondary N) is 1. The van der Waals surface area contributed by atoms with Gasteiger partial charge in [0.25, 0.3) is 5.91 Å². The average molecular weight is 378 g/mol. The molecule has 0 bridgehead atoms. The van der Waals surface area contributed by atoms with Gasteiger partial charge in [-0.3, -0.25) is 4.79 Å². The first-order chi connectivity index (χ1) is 12.6. The van der Waals surface area contributed by atoms with Gasteiger partial charge in [-0.05, 0) is 54.8 Å². The van der Waals surface area contributed by atoms with E-state index in [1.165, 1.54) is 12.1 Å². The Kier molecular flexibility index (Phi) is 6.12. The van der Waals surface area contributed by atoms with Crippen molar-refractivity contribution < 1.29 is 18.7 Å². The van der Waals surface area contributed by atoms with E-state index in [1.54, 1.807) is 36.4 Å². The quantitative estimate of drug-likeness (QED) is 0.834. The smallest absolute Gasteiger partial charge is 0.257 e. The molecular formula is C20H21ClFNO3. The number of benzene rings is 2. The third kappa shape index (κ3) is 4.74. The number of hydrogen-bond acceptors (Lipinski definition) is 3. The van der Waals surface area contributed by atoms with Crippen LogP contribution in [-0.2, 0) is 14.9 Å². The molecule has 6 heteroatoms. The lowest BCUT2D eigenvalue weighted by molar-refractivity contribution is -0.123. The van der Waals surface area contributed by atoms with Crippen LogP contribution in [0.2, 0.25) is 5.02 Å². The number of hydrogen-bond donors (Lipinski definition) is 1. The summed E-state index contributed by atoms with van der Waals surface area (Å²) in [7, 11) is 0. The highest BCUT2D eigenvalue weighted by Crippen LogP contribution is 2.34. The minimum absolute atomic E-state index is 0.0718. The first-order valence-corrected chi connectivity index (χ1v) is 8.94. The van der Waals surface area contributed by atoms with Gasteiger partial charge in [0.15, 0.2) is 6.61 Å². The third-order valence-corrected chi connectivity index (χ3v) is 4.97. The summed E-state index contributed by atoms with van der Waals surface area (Å²) in [6, 6.07) is 13.3. The van der Waals surface area contributed by atoms with E-state index in [2.05, 4.69) is 5.32 Å². The molecule has 1 fully saturated rings. The summed E-state index contributed by atoms with van der Waals surface area (Å²) in [5.41, 5.74) is 0.767. The average Bonchev–Trinajstić information content (AvgIpc) is 2.67. The van der Waals surface area contributed by atoms with E-state index in [0.29, 0.717) is 30.5 Å². The summed E-state index contributed by atoms with van der Waals surface area (Å²) in [4.78, 5) is 12.2. The van der Waals surface area contributed by atoms with Gasteiger partial charge in [0.1, 0.15) is 11.6 Å². The Labute approximate surface area is 157 Å². The van der Waals surface area contributed by atoms with Gasteiger partial charge in [0.05, 0.1) is 0 Å². The largest absolute Gasteiger partial charge is 0.484 e. The lowest BCUT2D eigenvalue weighted by atomic mass is 9.74. The van der Waals surface area contributed by atoms with Crippen molar-refractivity contribution in [3.63, 3.8) is 0 Å². The molecule has 4 nitrogen and oxygen atoms in total. The molecule has 1 amide bonds. The highest BCUT2D eigenvalue weighted by atomic mass is 35.5. The molecule has 3 rings (SSSR count). The lowest BCUT2D eigenvalue weighted by Crippen LogP contribution is -2.45. The van der Waals surface area contributed by atoms with Gasteiger partial charge in [0, 0.05) is 30.2 Å². The molecule has 0 spiro atoms. The molecule has 1 heterocycles. The molecule has 0 atom stereocenters. The van der Waals surface area contributed by atoms with Gasteiger partial charge < -0.3 is 14.8 Å². The molecule has 1 aliphatic heterocycles. The predicted octanol–water partition coefficient (Wildman–Crippen LogP) is 3.72. The monoisotopic (exact) mass is 377 g/mol. The minimum atomic E-state index is -0.267. The van der Waals surface area contributed by atoms with Crippen molar-refractivity contribution in [1.82, 2.24) is 5.32 Å². The van der Waals surface area contributed by atoms with Crippen LogP contribution in [0, 0.1) is 5.82 Å². The van der Waals surface area contributed by atoms with Crippen LogP contribution in [0.4, 0.5) is 4.39 Å². The Balaban J connectivity index is 1.59. The topological polar surface area (TPSA) is 47.6 Å². The molecule has 2 aromatic rings. The SMILES string of the molecule is O=C(COc1ccc(Cl)cc1)NCC1(c2ccc(F)cc2)CCOCC1. The van der Waals surface area contributed by atoms with Crippen molar-refractivity contribution in [3.05, 3.63) is 64.9 Å². The van der Waals surface area contributed by atoms with Crippen LogP contribution in [-0.4, -0.2) is 32.3 Å². The number of amides is 1. The van der Waals surface area contributed by atoms with Gasteiger partial charge in [-0.15, -0.1) is 0 Å². The van der Waals surface area contributed by atoms with Crippen molar-refractivity contribution in [3.8, 4) is 5.75 Å². The van der Waals surface area contributed by atoms with E-state index in [0.717, 1.165) is 18.4 Å². The standard InChI is InChI=1S/C20H21ClFNO3/c21-16-3-7-18(8-4-16)26-13-19(24)23-14-20(9-11-25-12-10-20)15-1-5-17(22)6-2-15/h1-8H,9-14H2,(H,23,24). The maximum Gasteiger partial charge on any atom is 0.257 e. The molecule has 1 saturated heterocycles. The molecule has 0 saturated carbocycles. The van der Waals surface area contributed by atoms with Gasteiger partial charge in [-0.25, -0.2) is 4.39 Å². The van der Waals surface area contributed by atoms with E-state index in [-0.39, 0.29) is 23.7 Å². The zero-order valence-electron chi connectivity index (χ0n) is 14.3. The lowest BCUT2D eigenvalue weighted by Gasteiger charge is -2.38. The molecule has 26 heavy (non-hydrogen) atoms. The van der Waals surface area contributed by atoms with Crippen molar-refractivity contribution in [2.75, 3.05) is 26.4 Å². The highest BCUT2D eigenvalue weighted by Gasteiger charge is 2.34. The predicted molar refractivity (Wildman–Crippen MR) is 98.1 cm³/mol. The minimum Gasteiger partial charge on any atom is -0.484 e. The van der Waals surface area contributed by atoms with Crippen molar-refractivity contribution in [2.45, 2.75) is 18.3 Å². The van der Waals surface area contributed by atoms with Crippen molar-refractivity contribution >= 4 is 17.5 Å². The summed E-state index contributed by atoms with van der Waals surface area (Å²) in [5.74, 6) is 0.119. The highest BCUT2D eigenvalue weighted by molar-refractivity contribution is 6.30. The van der Waals surface area contributed by atoms with Crippen LogP contribution < -0.4 is 10.1 Å². The number of carbonyl (C=O) groups excluding carboxylic acids is 1. The zero-order chi connectivity index (χ0) is 18.4. The molecule has 2 aromatic carbocycles. The Morgan fingerprint density at radius 1 is 1.12 bits per heavy atom. The van der Waals surface area contributed by atoms with Crippen molar-refractivity contribution in [2.24, 2.45) is 0 Å². The summed E-state index contributed by atoms with van der Waals surface area (Å²) in [6.45, 7) is 1.63. The maximum absolute atomic E-state index is 13.3. The Hall–Kier alpha value is -2.11. The molecule has 0 unspecified atom stereocenters. The van der Waals surface area contributed by atoms with E-state index in [9.17, 15) is 9.18 Å². The number of halogens is 2. The fourth-order valence-electron chi connectivity index (χ4n) is 3.13. The Bertz CT molecular complexity index is 728. The van der Waals surface area contributed by atoms with Crippen LogP contribution in [0.1, 0.15) is 18.4 Å². The van der Waals surface area contributed by atoms with Crippen LogP contribution in [0.15, 0.2) is 48.5 Å². The molecule has 0 radical (unpaired) electrons. The summed E-state index contributed by atoms with van der Waals surface area (Å²) in [5, 5.41) is 3.56. The normalized spacial score (nSPS) is 16.1. The molecule has 138 valence electrons. The van der Waals surface area contributed by atoms with Crippen LogP contribution in [0.25, 0.3) is 0 Å². The summed E-state index contributed by atoms with van der Waals surface area (Å²) >= 11 is 5.82. The Morgan fingerprint density at radius 2 is 1.77 bits per heavy atom. The number of carbonyl (C=O) groups is 1.